The minimum atomic E-state index is -1.43. The van der Waals surface area contributed by atoms with Gasteiger partial charge in [0.05, 0.1) is 27.7 Å². The summed E-state index contributed by atoms with van der Waals surface area (Å²) in [6, 6.07) is 0.701. The van der Waals surface area contributed by atoms with Crippen LogP contribution in [0.5, 0.6) is 0 Å². The van der Waals surface area contributed by atoms with Gasteiger partial charge in [0.1, 0.15) is 17.6 Å². The average Bonchev–Trinajstić information content (AvgIpc) is 3.24. The monoisotopic (exact) mass is 423 g/mol. The van der Waals surface area contributed by atoms with Crippen molar-refractivity contribution in [1.29, 1.82) is 0 Å². The second kappa shape index (κ2) is 6.67. The summed E-state index contributed by atoms with van der Waals surface area (Å²) in [4.78, 5) is 26.0. The molecule has 0 spiro atoms. The maximum atomic E-state index is 15.1. The number of carboxylic acids is 1. The molecule has 0 bridgehead atoms. The van der Waals surface area contributed by atoms with E-state index < -0.39 is 35.0 Å². The Morgan fingerprint density at radius 2 is 2.10 bits per heavy atom. The Balaban J connectivity index is 1.70. The first-order valence-corrected chi connectivity index (χ1v) is 10.2. The summed E-state index contributed by atoms with van der Waals surface area (Å²) in [5.74, 6) is -1.71. The van der Waals surface area contributed by atoms with Crippen LogP contribution in [0.25, 0.3) is 10.9 Å². The van der Waals surface area contributed by atoms with Crippen LogP contribution in [0.2, 0.25) is 5.02 Å². The number of pyridine rings is 1. The van der Waals surface area contributed by atoms with E-state index in [2.05, 4.69) is 5.32 Å². The van der Waals surface area contributed by atoms with Crippen LogP contribution in [0.15, 0.2) is 17.1 Å². The van der Waals surface area contributed by atoms with Gasteiger partial charge in [-0.15, -0.1) is 0 Å². The first-order chi connectivity index (χ1) is 13.9. The molecule has 5 rings (SSSR count). The molecule has 3 heterocycles. The van der Waals surface area contributed by atoms with E-state index in [9.17, 15) is 19.1 Å². The fourth-order valence-corrected chi connectivity index (χ4v) is 5.21. The molecule has 2 aromatic rings. The van der Waals surface area contributed by atoms with Crippen molar-refractivity contribution in [1.82, 2.24) is 9.88 Å². The fourth-order valence-electron chi connectivity index (χ4n) is 4.80. The lowest BCUT2D eigenvalue weighted by Crippen LogP contribution is -2.40. The van der Waals surface area contributed by atoms with Crippen molar-refractivity contribution in [3.05, 3.63) is 38.9 Å². The number of halogens is 3. The molecule has 1 aliphatic carbocycles. The maximum absolute atomic E-state index is 15.1. The third-order valence-corrected chi connectivity index (χ3v) is 6.73. The van der Waals surface area contributed by atoms with Gasteiger partial charge in [-0.05, 0) is 31.4 Å². The highest BCUT2D eigenvalue weighted by molar-refractivity contribution is 6.38. The van der Waals surface area contributed by atoms with E-state index >= 15 is 4.39 Å². The lowest BCUT2D eigenvalue weighted by atomic mass is 9.94. The number of rotatable bonds is 3. The zero-order chi connectivity index (χ0) is 20.4. The number of carboxylic acid groups (broad SMARTS) is 1. The van der Waals surface area contributed by atoms with Gasteiger partial charge in [0.25, 0.3) is 0 Å². The summed E-state index contributed by atoms with van der Waals surface area (Å²) in [5, 5.41) is 12.7. The number of nitrogens with one attached hydrogen (secondary N) is 1. The first-order valence-electron chi connectivity index (χ1n) is 9.79. The van der Waals surface area contributed by atoms with Crippen LogP contribution >= 0.6 is 11.6 Å². The molecule has 154 valence electrons. The van der Waals surface area contributed by atoms with Crippen molar-refractivity contribution in [2.24, 2.45) is 5.92 Å². The molecule has 9 heteroatoms. The summed E-state index contributed by atoms with van der Waals surface area (Å²) in [6.07, 6.45) is 2.32. The zero-order valence-electron chi connectivity index (χ0n) is 15.5. The normalized spacial score (nSPS) is 28.6. The minimum absolute atomic E-state index is 0.0341. The van der Waals surface area contributed by atoms with Crippen molar-refractivity contribution in [3.8, 4) is 0 Å². The number of anilines is 1. The van der Waals surface area contributed by atoms with Crippen molar-refractivity contribution in [2.45, 2.75) is 37.5 Å². The van der Waals surface area contributed by atoms with Gasteiger partial charge >= 0.3 is 5.97 Å². The first kappa shape index (κ1) is 18.8. The van der Waals surface area contributed by atoms with Gasteiger partial charge in [0, 0.05) is 31.7 Å². The Hall–Kier alpha value is -2.19. The molecule has 1 saturated carbocycles. The summed E-state index contributed by atoms with van der Waals surface area (Å²) in [6.45, 7) is 2.17. The Kier molecular flexibility index (Phi) is 4.33. The lowest BCUT2D eigenvalue weighted by molar-refractivity contribution is 0.0694. The van der Waals surface area contributed by atoms with Gasteiger partial charge in [0.2, 0.25) is 5.43 Å². The minimum Gasteiger partial charge on any atom is -0.477 e. The molecular weight excluding hydrogens is 404 g/mol. The number of nitrogens with zero attached hydrogens (tertiary/aromatic N) is 2. The Labute approximate surface area is 170 Å². The molecule has 4 unspecified atom stereocenters. The van der Waals surface area contributed by atoms with Crippen LogP contribution in [-0.4, -0.2) is 47.5 Å². The van der Waals surface area contributed by atoms with Gasteiger partial charge in [0.15, 0.2) is 0 Å². The van der Waals surface area contributed by atoms with E-state index in [-0.39, 0.29) is 34.1 Å². The third-order valence-electron chi connectivity index (χ3n) is 6.37. The number of aromatic nitrogens is 1. The predicted octanol–water partition coefficient (Wildman–Crippen LogP) is 2.96. The Bertz CT molecular complexity index is 1080. The van der Waals surface area contributed by atoms with Crippen molar-refractivity contribution < 1.29 is 18.7 Å². The summed E-state index contributed by atoms with van der Waals surface area (Å²) >= 11 is 6.62. The second-order valence-electron chi connectivity index (χ2n) is 8.19. The second-order valence-corrected chi connectivity index (χ2v) is 8.57. The van der Waals surface area contributed by atoms with Crippen LogP contribution in [-0.2, 0) is 0 Å². The van der Waals surface area contributed by atoms with Crippen LogP contribution < -0.4 is 15.6 Å². The highest BCUT2D eigenvalue weighted by atomic mass is 35.5. The van der Waals surface area contributed by atoms with Crippen molar-refractivity contribution >= 4 is 34.2 Å². The largest absolute Gasteiger partial charge is 0.477 e. The predicted molar refractivity (Wildman–Crippen MR) is 105 cm³/mol. The maximum Gasteiger partial charge on any atom is 0.341 e. The molecule has 3 aliphatic rings. The molecule has 29 heavy (non-hydrogen) atoms. The molecular formula is C20H20ClF2N3O3. The van der Waals surface area contributed by atoms with E-state index in [4.69, 9.17) is 11.6 Å². The van der Waals surface area contributed by atoms with Gasteiger partial charge < -0.3 is 19.9 Å². The molecule has 2 N–H and O–H groups in total. The summed E-state index contributed by atoms with van der Waals surface area (Å²) in [5.41, 5.74) is -0.936. The van der Waals surface area contributed by atoms with E-state index in [1.165, 1.54) is 4.57 Å². The van der Waals surface area contributed by atoms with Gasteiger partial charge in [-0.25, -0.2) is 13.6 Å². The van der Waals surface area contributed by atoms with Crippen molar-refractivity contribution in [2.75, 3.05) is 24.5 Å². The molecule has 4 atom stereocenters. The highest BCUT2D eigenvalue weighted by Crippen LogP contribution is 2.45. The molecule has 0 radical (unpaired) electrons. The fraction of sp³-hybridized carbons (Fsp3) is 0.500. The zero-order valence-corrected chi connectivity index (χ0v) is 16.3. The standard InChI is InChI=1S/C20H20ClF2N3O3/c21-16-17-10(19(27)11(20(28)29)7-26(17)15-5-12(15)22)4-13(23)18(16)25-6-9-2-1-3-24-14(9)8-25/h4,7,9,12,14-15,24H,1-3,5-6,8H2,(H,28,29). The van der Waals surface area contributed by atoms with E-state index in [1.807, 2.05) is 4.90 Å². The smallest absolute Gasteiger partial charge is 0.341 e. The number of benzene rings is 1. The molecule has 2 aliphatic heterocycles. The van der Waals surface area contributed by atoms with Crippen molar-refractivity contribution in [3.63, 3.8) is 0 Å². The van der Waals surface area contributed by atoms with Crippen LogP contribution in [0.4, 0.5) is 14.5 Å². The number of aromatic carboxylic acids is 1. The molecule has 2 saturated heterocycles. The lowest BCUT2D eigenvalue weighted by Gasteiger charge is -2.24. The molecule has 3 fully saturated rings. The summed E-state index contributed by atoms with van der Waals surface area (Å²) < 4.78 is 30.4. The number of hydrogen-bond acceptors (Lipinski definition) is 4. The number of carbonyl (C=O) groups is 1. The van der Waals surface area contributed by atoms with E-state index in [0.717, 1.165) is 31.6 Å². The topological polar surface area (TPSA) is 74.6 Å². The molecule has 1 aromatic heterocycles. The van der Waals surface area contributed by atoms with Gasteiger partial charge in [-0.3, -0.25) is 4.79 Å². The molecule has 0 amide bonds. The van der Waals surface area contributed by atoms with Gasteiger partial charge in [-0.2, -0.15) is 0 Å². The number of hydrogen-bond donors (Lipinski definition) is 2. The molecule has 6 nitrogen and oxygen atoms in total. The highest BCUT2D eigenvalue weighted by Gasteiger charge is 2.42. The van der Waals surface area contributed by atoms with E-state index in [0.29, 0.717) is 19.0 Å². The quantitative estimate of drug-likeness (QED) is 0.794. The third kappa shape index (κ3) is 2.92. The van der Waals surface area contributed by atoms with E-state index in [1.54, 1.807) is 0 Å². The Morgan fingerprint density at radius 3 is 2.76 bits per heavy atom. The number of piperidine rings is 1. The average molecular weight is 424 g/mol. The van der Waals surface area contributed by atoms with Crippen LogP contribution in [0.3, 0.4) is 0 Å². The van der Waals surface area contributed by atoms with Gasteiger partial charge in [-0.1, -0.05) is 11.6 Å². The summed E-state index contributed by atoms with van der Waals surface area (Å²) in [7, 11) is 0. The van der Waals surface area contributed by atoms with Crippen LogP contribution in [0.1, 0.15) is 35.7 Å². The number of alkyl halides is 1. The molecule has 1 aromatic carbocycles. The SMILES string of the molecule is O=C(O)c1cn(C2CC2F)c2c(Cl)c(N3CC4CCCNC4C3)c(F)cc2c1=O. The number of fused-ring (bicyclic) bond motifs is 2. The Morgan fingerprint density at radius 1 is 1.34 bits per heavy atom. The van der Waals surface area contributed by atoms with Crippen LogP contribution in [0, 0.1) is 11.7 Å².